The van der Waals surface area contributed by atoms with Gasteiger partial charge < -0.3 is 9.84 Å². The van der Waals surface area contributed by atoms with Crippen LogP contribution in [-0.4, -0.2) is 28.3 Å². The van der Waals surface area contributed by atoms with Crippen LogP contribution >= 0.6 is 23.5 Å². The molecule has 1 N–H and O–H groups in total. The van der Waals surface area contributed by atoms with Crippen LogP contribution in [0.25, 0.3) is 0 Å². The molecule has 2 heterocycles. The lowest BCUT2D eigenvalue weighted by Gasteiger charge is -2.31. The first kappa shape index (κ1) is 17.8. The lowest BCUT2D eigenvalue weighted by molar-refractivity contribution is -0.133. The number of aryl methyl sites for hydroxylation is 2. The summed E-state index contributed by atoms with van der Waals surface area (Å²) in [6.45, 7) is 4.27. The molecule has 0 unspecified atom stereocenters. The topological polar surface area (TPSA) is 46.5 Å². The maximum absolute atomic E-state index is 11.2. The molecule has 2 aromatic carbocycles. The summed E-state index contributed by atoms with van der Waals surface area (Å²) in [5, 5.41) is 9.19. The van der Waals surface area contributed by atoms with Gasteiger partial charge in [0.15, 0.2) is 0 Å². The van der Waals surface area contributed by atoms with Crippen LogP contribution in [-0.2, 0) is 17.6 Å². The number of carboxylic acids is 1. The van der Waals surface area contributed by atoms with Crippen molar-refractivity contribution in [2.24, 2.45) is 0 Å². The Bertz CT molecular complexity index is 872. The first-order chi connectivity index (χ1) is 12.6. The standard InChI is InChI=1S/C21H22O3S2/c1-3-13-6-12(2)7-19-16(13)8-17-18(24-19)5-4-15(14-9-25-10-14)21(17)26-11-20(22)23/h4-7,14H,3,8-11H2,1-2H3,(H,22,23). The first-order valence-corrected chi connectivity index (χ1v) is 11.1. The van der Waals surface area contributed by atoms with Crippen LogP contribution in [0.5, 0.6) is 11.5 Å². The fraction of sp³-hybridized carbons (Fsp3) is 0.381. The molecule has 1 fully saturated rings. The van der Waals surface area contributed by atoms with Gasteiger partial charge in [0.1, 0.15) is 11.5 Å². The summed E-state index contributed by atoms with van der Waals surface area (Å²) < 4.78 is 6.27. The van der Waals surface area contributed by atoms with Crippen molar-refractivity contribution < 1.29 is 14.6 Å². The summed E-state index contributed by atoms with van der Waals surface area (Å²) >= 11 is 3.40. The van der Waals surface area contributed by atoms with Crippen molar-refractivity contribution in [3.63, 3.8) is 0 Å². The molecular weight excluding hydrogens is 364 g/mol. The molecule has 136 valence electrons. The second-order valence-corrected chi connectivity index (χ2v) is 8.97. The molecule has 4 rings (SSSR count). The van der Waals surface area contributed by atoms with Crippen molar-refractivity contribution in [2.45, 2.75) is 37.5 Å². The summed E-state index contributed by atoms with van der Waals surface area (Å²) in [5.41, 5.74) is 6.25. The van der Waals surface area contributed by atoms with Crippen molar-refractivity contribution >= 4 is 29.5 Å². The summed E-state index contributed by atoms with van der Waals surface area (Å²) in [7, 11) is 0. The minimum atomic E-state index is -0.775. The van der Waals surface area contributed by atoms with Gasteiger partial charge in [0.2, 0.25) is 0 Å². The van der Waals surface area contributed by atoms with E-state index in [2.05, 4.69) is 38.1 Å². The van der Waals surface area contributed by atoms with Gasteiger partial charge >= 0.3 is 5.97 Å². The van der Waals surface area contributed by atoms with Crippen molar-refractivity contribution in [3.05, 3.63) is 52.1 Å². The van der Waals surface area contributed by atoms with Crippen molar-refractivity contribution in [3.8, 4) is 11.5 Å². The molecule has 0 spiro atoms. The van der Waals surface area contributed by atoms with E-state index in [0.717, 1.165) is 46.3 Å². The van der Waals surface area contributed by atoms with E-state index in [9.17, 15) is 9.90 Å². The highest BCUT2D eigenvalue weighted by molar-refractivity contribution is 8.01. The molecular formula is C21H22O3S2. The Balaban J connectivity index is 1.79. The zero-order valence-electron chi connectivity index (χ0n) is 15.0. The molecule has 0 bridgehead atoms. The molecule has 2 aromatic rings. The number of thioether (sulfide) groups is 2. The number of benzene rings is 2. The van der Waals surface area contributed by atoms with Crippen molar-refractivity contribution in [1.82, 2.24) is 0 Å². The van der Waals surface area contributed by atoms with Gasteiger partial charge in [0.05, 0.1) is 5.75 Å². The SMILES string of the molecule is CCc1cc(C)cc2c1Cc1c(ccc(C3CSC3)c1SCC(=O)O)O2. The summed E-state index contributed by atoms with van der Waals surface area (Å²) in [6, 6.07) is 8.58. The molecule has 26 heavy (non-hydrogen) atoms. The molecule has 0 atom stereocenters. The molecule has 0 aromatic heterocycles. The second kappa shape index (κ2) is 7.20. The normalized spacial score (nSPS) is 15.6. The Morgan fingerprint density at radius 2 is 2.08 bits per heavy atom. The molecule has 1 saturated heterocycles. The molecule has 0 aliphatic carbocycles. The predicted molar refractivity (Wildman–Crippen MR) is 108 cm³/mol. The van der Waals surface area contributed by atoms with Crippen LogP contribution in [0.15, 0.2) is 29.2 Å². The third-order valence-corrected chi connectivity index (χ3v) is 7.50. The second-order valence-electron chi connectivity index (χ2n) is 6.91. The Labute approximate surface area is 162 Å². The smallest absolute Gasteiger partial charge is 0.313 e. The van der Waals surface area contributed by atoms with Gasteiger partial charge in [0.25, 0.3) is 0 Å². The van der Waals surface area contributed by atoms with Crippen LogP contribution in [0.2, 0.25) is 0 Å². The number of ether oxygens (including phenoxy) is 1. The zero-order valence-corrected chi connectivity index (χ0v) is 16.6. The minimum Gasteiger partial charge on any atom is -0.481 e. The van der Waals surface area contributed by atoms with E-state index in [1.165, 1.54) is 34.0 Å². The highest BCUT2D eigenvalue weighted by Gasteiger charge is 2.29. The van der Waals surface area contributed by atoms with E-state index in [4.69, 9.17) is 4.74 Å². The molecule has 0 saturated carbocycles. The van der Waals surface area contributed by atoms with E-state index >= 15 is 0 Å². The summed E-state index contributed by atoms with van der Waals surface area (Å²) in [6.07, 6.45) is 1.79. The Kier molecular flexibility index (Phi) is 4.93. The third-order valence-electron chi connectivity index (χ3n) is 5.07. The monoisotopic (exact) mass is 386 g/mol. The van der Waals surface area contributed by atoms with E-state index in [1.807, 2.05) is 11.8 Å². The van der Waals surface area contributed by atoms with E-state index in [1.54, 1.807) is 0 Å². The van der Waals surface area contributed by atoms with Crippen LogP contribution < -0.4 is 4.74 Å². The Morgan fingerprint density at radius 3 is 2.73 bits per heavy atom. The van der Waals surface area contributed by atoms with Crippen molar-refractivity contribution in [2.75, 3.05) is 17.3 Å². The van der Waals surface area contributed by atoms with Gasteiger partial charge in [-0.2, -0.15) is 11.8 Å². The number of hydrogen-bond donors (Lipinski definition) is 1. The highest BCUT2D eigenvalue weighted by atomic mass is 32.2. The minimum absolute atomic E-state index is 0.0880. The molecule has 3 nitrogen and oxygen atoms in total. The number of hydrogen-bond acceptors (Lipinski definition) is 4. The van der Waals surface area contributed by atoms with Crippen LogP contribution in [0.1, 0.15) is 40.7 Å². The molecule has 0 amide bonds. The zero-order chi connectivity index (χ0) is 18.3. The van der Waals surface area contributed by atoms with Crippen molar-refractivity contribution in [1.29, 1.82) is 0 Å². The quantitative estimate of drug-likeness (QED) is 0.606. The molecule has 5 heteroatoms. The van der Waals surface area contributed by atoms with Gasteiger partial charge in [-0.1, -0.05) is 19.1 Å². The lowest BCUT2D eigenvalue weighted by atomic mass is 9.90. The average Bonchev–Trinajstić information content (AvgIpc) is 2.56. The average molecular weight is 387 g/mol. The van der Waals surface area contributed by atoms with Crippen LogP contribution in [0.3, 0.4) is 0 Å². The summed E-state index contributed by atoms with van der Waals surface area (Å²) in [5.74, 6) is 3.93. The predicted octanol–water partition coefficient (Wildman–Crippen LogP) is 5.26. The van der Waals surface area contributed by atoms with E-state index in [-0.39, 0.29) is 5.75 Å². The number of carbonyl (C=O) groups is 1. The van der Waals surface area contributed by atoms with E-state index in [0.29, 0.717) is 5.92 Å². The maximum Gasteiger partial charge on any atom is 0.313 e. The van der Waals surface area contributed by atoms with Gasteiger partial charge in [-0.15, -0.1) is 11.8 Å². The Morgan fingerprint density at radius 1 is 1.27 bits per heavy atom. The van der Waals surface area contributed by atoms with Gasteiger partial charge in [-0.3, -0.25) is 4.79 Å². The number of fused-ring (bicyclic) bond motifs is 2. The van der Waals surface area contributed by atoms with Gasteiger partial charge in [0, 0.05) is 39.9 Å². The van der Waals surface area contributed by atoms with Gasteiger partial charge in [-0.05, 0) is 42.2 Å². The highest BCUT2D eigenvalue weighted by Crippen LogP contribution is 2.47. The Hall–Kier alpha value is -1.59. The number of rotatable bonds is 5. The number of aliphatic carboxylic acids is 1. The largest absolute Gasteiger partial charge is 0.481 e. The lowest BCUT2D eigenvalue weighted by Crippen LogP contribution is -2.18. The fourth-order valence-electron chi connectivity index (χ4n) is 3.69. The fourth-order valence-corrected chi connectivity index (χ4v) is 5.54. The van der Waals surface area contributed by atoms with Crippen LogP contribution in [0.4, 0.5) is 0 Å². The molecule has 2 aliphatic heterocycles. The van der Waals surface area contributed by atoms with E-state index < -0.39 is 5.97 Å². The molecule has 2 aliphatic rings. The van der Waals surface area contributed by atoms with Crippen LogP contribution in [0, 0.1) is 6.92 Å². The first-order valence-electron chi connectivity index (χ1n) is 8.95. The van der Waals surface area contributed by atoms with Gasteiger partial charge in [-0.25, -0.2) is 0 Å². The maximum atomic E-state index is 11.2. The third kappa shape index (κ3) is 3.23. The number of carboxylic acid groups (broad SMARTS) is 1. The molecule has 0 radical (unpaired) electrons. The summed E-state index contributed by atoms with van der Waals surface area (Å²) in [4.78, 5) is 12.3.